The third-order valence-electron chi connectivity index (χ3n) is 4.12. The van der Waals surface area contributed by atoms with Crippen LogP contribution in [-0.2, 0) is 24.3 Å². The van der Waals surface area contributed by atoms with E-state index in [1.807, 2.05) is 6.92 Å². The number of rotatable bonds is 8. The number of carbonyl (C=O) groups excluding carboxylic acids is 2. The number of nitrogens with one attached hydrogen (secondary N) is 1. The number of hydrogen-bond acceptors (Lipinski definition) is 6. The van der Waals surface area contributed by atoms with Gasteiger partial charge in [-0.05, 0) is 38.1 Å². The Kier molecular flexibility index (Phi) is 7.35. The molecule has 0 aromatic heterocycles. The fraction of sp³-hybridized carbons (Fsp3) is 0.300. The average Bonchev–Trinajstić information content (AvgIpc) is 2.68. The molecular formula is C20H24N2O6S. The highest BCUT2D eigenvalue weighted by Gasteiger charge is 2.26. The molecule has 0 saturated carbocycles. The van der Waals surface area contributed by atoms with Crippen molar-refractivity contribution in [2.75, 3.05) is 26.0 Å². The van der Waals surface area contributed by atoms with Gasteiger partial charge in [0.2, 0.25) is 10.0 Å². The number of esters is 1. The standard InChI is InChI=1S/C20H24N2O6S/c1-14-9-11-16(12-10-14)29(25,26)22(3)13-19(23)28-15(2)20(24)21-17-7-5-6-8-18(17)27-4/h5-12,15H,13H2,1-4H3,(H,21,24)/t15-/m1/s1. The summed E-state index contributed by atoms with van der Waals surface area (Å²) in [6.07, 6.45) is -1.12. The van der Waals surface area contributed by atoms with Crippen molar-refractivity contribution in [1.29, 1.82) is 0 Å². The van der Waals surface area contributed by atoms with Crippen molar-refractivity contribution in [3.8, 4) is 5.75 Å². The number of likely N-dealkylation sites (N-methyl/N-ethyl adjacent to an activating group) is 1. The molecule has 0 aliphatic heterocycles. The molecule has 1 atom stereocenters. The quantitative estimate of drug-likeness (QED) is 0.657. The highest BCUT2D eigenvalue weighted by molar-refractivity contribution is 7.89. The van der Waals surface area contributed by atoms with Gasteiger partial charge in [0, 0.05) is 7.05 Å². The molecule has 1 N–H and O–H groups in total. The van der Waals surface area contributed by atoms with Crippen molar-refractivity contribution in [3.63, 3.8) is 0 Å². The van der Waals surface area contributed by atoms with E-state index in [9.17, 15) is 18.0 Å². The first-order valence-corrected chi connectivity index (χ1v) is 10.3. The van der Waals surface area contributed by atoms with E-state index in [1.54, 1.807) is 36.4 Å². The average molecular weight is 420 g/mol. The summed E-state index contributed by atoms with van der Waals surface area (Å²) in [4.78, 5) is 24.5. The second-order valence-corrected chi connectivity index (χ2v) is 8.44. The summed E-state index contributed by atoms with van der Waals surface area (Å²) in [7, 11) is -1.10. The van der Waals surface area contributed by atoms with Gasteiger partial charge in [0.15, 0.2) is 6.10 Å². The summed E-state index contributed by atoms with van der Waals surface area (Å²) in [6, 6.07) is 13.1. The van der Waals surface area contributed by atoms with Crippen LogP contribution < -0.4 is 10.1 Å². The van der Waals surface area contributed by atoms with Crippen molar-refractivity contribution in [2.24, 2.45) is 0 Å². The summed E-state index contributed by atoms with van der Waals surface area (Å²) < 4.78 is 36.2. The van der Waals surface area contributed by atoms with Crippen LogP contribution in [-0.4, -0.2) is 51.4 Å². The van der Waals surface area contributed by atoms with Crippen LogP contribution in [0.4, 0.5) is 5.69 Å². The minimum absolute atomic E-state index is 0.0698. The van der Waals surface area contributed by atoms with Crippen LogP contribution >= 0.6 is 0 Å². The van der Waals surface area contributed by atoms with Crippen LogP contribution in [0.25, 0.3) is 0 Å². The van der Waals surface area contributed by atoms with Crippen molar-refractivity contribution in [3.05, 3.63) is 54.1 Å². The number of hydrogen-bond donors (Lipinski definition) is 1. The van der Waals surface area contributed by atoms with Crippen molar-refractivity contribution >= 4 is 27.6 Å². The van der Waals surface area contributed by atoms with Crippen LogP contribution in [0.1, 0.15) is 12.5 Å². The lowest BCUT2D eigenvalue weighted by Gasteiger charge is -2.19. The highest BCUT2D eigenvalue weighted by atomic mass is 32.2. The molecular weight excluding hydrogens is 396 g/mol. The molecule has 8 nitrogen and oxygen atoms in total. The second-order valence-electron chi connectivity index (χ2n) is 6.40. The lowest BCUT2D eigenvalue weighted by molar-refractivity contribution is -0.153. The number of methoxy groups -OCH3 is 1. The largest absolute Gasteiger partial charge is 0.495 e. The van der Waals surface area contributed by atoms with Crippen molar-refractivity contribution < 1.29 is 27.5 Å². The molecule has 29 heavy (non-hydrogen) atoms. The molecule has 2 aromatic rings. The van der Waals surface area contributed by atoms with Gasteiger partial charge < -0.3 is 14.8 Å². The van der Waals surface area contributed by atoms with Gasteiger partial charge in [-0.2, -0.15) is 4.31 Å². The SMILES string of the molecule is COc1ccccc1NC(=O)[C@@H](C)OC(=O)CN(C)S(=O)(=O)c1ccc(C)cc1. The van der Waals surface area contributed by atoms with E-state index >= 15 is 0 Å². The molecule has 156 valence electrons. The van der Waals surface area contributed by atoms with Gasteiger partial charge in [-0.25, -0.2) is 8.42 Å². The number of amides is 1. The minimum Gasteiger partial charge on any atom is -0.495 e. The number of carbonyl (C=O) groups is 2. The number of ether oxygens (including phenoxy) is 2. The smallest absolute Gasteiger partial charge is 0.322 e. The normalized spacial score (nSPS) is 12.3. The Labute approximate surface area is 170 Å². The zero-order valence-corrected chi connectivity index (χ0v) is 17.5. The molecule has 2 aromatic carbocycles. The van der Waals surface area contributed by atoms with Gasteiger partial charge >= 0.3 is 5.97 Å². The lowest BCUT2D eigenvalue weighted by Crippen LogP contribution is -2.37. The monoisotopic (exact) mass is 420 g/mol. The molecule has 2 rings (SSSR count). The number of nitrogens with zero attached hydrogens (tertiary/aromatic N) is 1. The van der Waals surface area contributed by atoms with Gasteiger partial charge in [-0.1, -0.05) is 29.8 Å². The van der Waals surface area contributed by atoms with E-state index in [4.69, 9.17) is 9.47 Å². The first-order valence-electron chi connectivity index (χ1n) is 8.81. The molecule has 0 saturated heterocycles. The van der Waals surface area contributed by atoms with E-state index in [-0.39, 0.29) is 4.90 Å². The molecule has 1 amide bonds. The number of benzene rings is 2. The topological polar surface area (TPSA) is 102 Å². The molecule has 0 aliphatic carbocycles. The van der Waals surface area contributed by atoms with Crippen LogP contribution in [0, 0.1) is 6.92 Å². The summed E-state index contributed by atoms with van der Waals surface area (Å²) in [5.41, 5.74) is 1.35. The maximum Gasteiger partial charge on any atom is 0.322 e. The van der Waals surface area contributed by atoms with E-state index in [1.165, 1.54) is 33.2 Å². The first-order chi connectivity index (χ1) is 13.6. The number of aryl methyl sites for hydroxylation is 1. The maximum atomic E-state index is 12.5. The Morgan fingerprint density at radius 1 is 1.10 bits per heavy atom. The molecule has 9 heteroatoms. The van der Waals surface area contributed by atoms with Gasteiger partial charge in [0.1, 0.15) is 12.3 Å². The summed E-state index contributed by atoms with van der Waals surface area (Å²) in [6.45, 7) is 2.72. The Bertz CT molecular complexity index is 973. The summed E-state index contributed by atoms with van der Waals surface area (Å²) in [5, 5.41) is 2.61. The number of sulfonamides is 1. The fourth-order valence-corrected chi connectivity index (χ4v) is 3.54. The number of para-hydroxylation sites is 2. The van der Waals surface area contributed by atoms with Gasteiger partial charge in [0.05, 0.1) is 17.7 Å². The summed E-state index contributed by atoms with van der Waals surface area (Å²) in [5.74, 6) is -0.943. The highest BCUT2D eigenvalue weighted by Crippen LogP contribution is 2.23. The van der Waals surface area contributed by atoms with E-state index in [0.29, 0.717) is 11.4 Å². The van der Waals surface area contributed by atoms with Crippen LogP contribution in [0.5, 0.6) is 5.75 Å². The molecule has 0 bridgehead atoms. The van der Waals surface area contributed by atoms with Crippen LogP contribution in [0.15, 0.2) is 53.4 Å². The molecule has 0 fully saturated rings. The Morgan fingerprint density at radius 2 is 1.72 bits per heavy atom. The third kappa shape index (κ3) is 5.78. The molecule has 0 unspecified atom stereocenters. The first kappa shape index (κ1) is 22.4. The van der Waals surface area contributed by atoms with Crippen LogP contribution in [0.3, 0.4) is 0 Å². The van der Waals surface area contributed by atoms with Gasteiger partial charge in [-0.3, -0.25) is 9.59 Å². The zero-order chi connectivity index (χ0) is 21.6. The van der Waals surface area contributed by atoms with Gasteiger partial charge in [0.25, 0.3) is 5.91 Å². The lowest BCUT2D eigenvalue weighted by atomic mass is 10.2. The van der Waals surface area contributed by atoms with E-state index < -0.39 is 34.5 Å². The van der Waals surface area contributed by atoms with Crippen molar-refractivity contribution in [2.45, 2.75) is 24.8 Å². The van der Waals surface area contributed by atoms with Crippen LogP contribution in [0.2, 0.25) is 0 Å². The number of anilines is 1. The maximum absolute atomic E-state index is 12.5. The second kappa shape index (κ2) is 9.53. The van der Waals surface area contributed by atoms with E-state index in [0.717, 1.165) is 9.87 Å². The Balaban J connectivity index is 1.96. The molecule has 0 heterocycles. The summed E-state index contributed by atoms with van der Waals surface area (Å²) >= 11 is 0. The molecule has 0 aliphatic rings. The van der Waals surface area contributed by atoms with E-state index in [2.05, 4.69) is 5.32 Å². The minimum atomic E-state index is -3.85. The zero-order valence-electron chi connectivity index (χ0n) is 16.7. The fourth-order valence-electron chi connectivity index (χ4n) is 2.43. The third-order valence-corrected chi connectivity index (χ3v) is 5.94. The Morgan fingerprint density at radius 3 is 2.34 bits per heavy atom. The predicted molar refractivity (Wildman–Crippen MR) is 108 cm³/mol. The molecule has 0 spiro atoms. The molecule has 0 radical (unpaired) electrons. The Hall–Kier alpha value is -2.91. The predicted octanol–water partition coefficient (Wildman–Crippen LogP) is 2.19. The van der Waals surface area contributed by atoms with Gasteiger partial charge in [-0.15, -0.1) is 0 Å². The van der Waals surface area contributed by atoms with Crippen molar-refractivity contribution in [1.82, 2.24) is 4.31 Å².